The summed E-state index contributed by atoms with van der Waals surface area (Å²) >= 11 is 0. The number of carboxylic acids is 1. The van der Waals surface area contributed by atoms with Crippen LogP contribution in [0.15, 0.2) is 42.9 Å². The zero-order valence-corrected chi connectivity index (χ0v) is 11.3. The normalized spacial score (nSPS) is 11.5. The molecule has 3 N–H and O–H groups in total. The highest BCUT2D eigenvalue weighted by molar-refractivity contribution is 5.98. The third-order valence-corrected chi connectivity index (χ3v) is 2.79. The van der Waals surface area contributed by atoms with Crippen LogP contribution in [0.1, 0.15) is 29.0 Å². The Morgan fingerprint density at radius 1 is 1.24 bits per heavy atom. The molecule has 1 unspecified atom stereocenters. The third-order valence-electron chi connectivity index (χ3n) is 2.79. The number of amides is 2. The maximum atomic E-state index is 11.9. The van der Waals surface area contributed by atoms with Crippen LogP contribution in [0.5, 0.6) is 0 Å². The van der Waals surface area contributed by atoms with E-state index in [1.165, 1.54) is 12.3 Å². The van der Waals surface area contributed by atoms with Gasteiger partial charge in [-0.2, -0.15) is 0 Å². The molecule has 108 valence electrons. The SMILES string of the molecule is CC(NC(=O)Nc1cccnc1C(=O)O)c1cccnc1. The van der Waals surface area contributed by atoms with Crippen LogP contribution in [0, 0.1) is 0 Å². The lowest BCUT2D eigenvalue weighted by atomic mass is 10.1. The molecule has 7 heteroatoms. The van der Waals surface area contributed by atoms with Gasteiger partial charge in [0.05, 0.1) is 11.7 Å². The third kappa shape index (κ3) is 3.75. The van der Waals surface area contributed by atoms with Crippen molar-refractivity contribution in [1.29, 1.82) is 0 Å². The van der Waals surface area contributed by atoms with Gasteiger partial charge in [-0.25, -0.2) is 14.6 Å². The lowest BCUT2D eigenvalue weighted by molar-refractivity contribution is 0.0692. The first kappa shape index (κ1) is 14.4. The number of nitrogens with zero attached hydrogens (tertiary/aromatic N) is 2. The van der Waals surface area contributed by atoms with Crippen LogP contribution >= 0.6 is 0 Å². The Balaban J connectivity index is 2.04. The largest absolute Gasteiger partial charge is 0.476 e. The Hall–Kier alpha value is -2.96. The second kappa shape index (κ2) is 6.47. The number of rotatable bonds is 4. The molecule has 0 bridgehead atoms. The second-order valence-corrected chi connectivity index (χ2v) is 4.31. The highest BCUT2D eigenvalue weighted by Gasteiger charge is 2.15. The quantitative estimate of drug-likeness (QED) is 0.798. The summed E-state index contributed by atoms with van der Waals surface area (Å²) in [5, 5.41) is 14.2. The summed E-state index contributed by atoms with van der Waals surface area (Å²) in [4.78, 5) is 30.6. The van der Waals surface area contributed by atoms with Gasteiger partial charge in [0.1, 0.15) is 0 Å². The van der Waals surface area contributed by atoms with Crippen molar-refractivity contribution in [3.8, 4) is 0 Å². The number of hydrogen-bond acceptors (Lipinski definition) is 4. The molecular weight excluding hydrogens is 272 g/mol. The van der Waals surface area contributed by atoms with E-state index in [1.807, 2.05) is 6.07 Å². The summed E-state index contributed by atoms with van der Waals surface area (Å²) < 4.78 is 0. The molecule has 7 nitrogen and oxygen atoms in total. The molecule has 0 saturated heterocycles. The monoisotopic (exact) mass is 286 g/mol. The molecule has 1 atom stereocenters. The van der Waals surface area contributed by atoms with E-state index in [1.54, 1.807) is 31.5 Å². The highest BCUT2D eigenvalue weighted by atomic mass is 16.4. The molecule has 0 aliphatic heterocycles. The topological polar surface area (TPSA) is 104 Å². The number of nitrogens with one attached hydrogen (secondary N) is 2. The Bertz CT molecular complexity index is 646. The van der Waals surface area contributed by atoms with Crippen molar-refractivity contribution in [1.82, 2.24) is 15.3 Å². The van der Waals surface area contributed by atoms with Gasteiger partial charge in [-0.1, -0.05) is 6.07 Å². The molecule has 0 spiro atoms. The van der Waals surface area contributed by atoms with Gasteiger partial charge in [0.15, 0.2) is 5.69 Å². The maximum absolute atomic E-state index is 11.9. The van der Waals surface area contributed by atoms with Crippen molar-refractivity contribution in [3.63, 3.8) is 0 Å². The van der Waals surface area contributed by atoms with Crippen LogP contribution in [0.4, 0.5) is 10.5 Å². The number of carbonyl (C=O) groups excluding carboxylic acids is 1. The van der Waals surface area contributed by atoms with E-state index in [9.17, 15) is 9.59 Å². The first-order valence-corrected chi connectivity index (χ1v) is 6.23. The first-order chi connectivity index (χ1) is 10.1. The number of carboxylic acid groups (broad SMARTS) is 1. The number of anilines is 1. The maximum Gasteiger partial charge on any atom is 0.356 e. The van der Waals surface area contributed by atoms with Gasteiger partial charge in [-0.3, -0.25) is 4.98 Å². The molecular formula is C14H14N4O3. The molecule has 0 radical (unpaired) electrons. The summed E-state index contributed by atoms with van der Waals surface area (Å²) in [5.41, 5.74) is 0.778. The van der Waals surface area contributed by atoms with E-state index >= 15 is 0 Å². The van der Waals surface area contributed by atoms with Gasteiger partial charge < -0.3 is 15.7 Å². The van der Waals surface area contributed by atoms with Crippen LogP contribution < -0.4 is 10.6 Å². The predicted molar refractivity (Wildman–Crippen MR) is 76.0 cm³/mol. The molecule has 2 aromatic heterocycles. The lowest BCUT2D eigenvalue weighted by Crippen LogP contribution is -2.31. The fourth-order valence-corrected chi connectivity index (χ4v) is 1.75. The van der Waals surface area contributed by atoms with Crippen molar-refractivity contribution in [2.45, 2.75) is 13.0 Å². The minimum atomic E-state index is -1.20. The fourth-order valence-electron chi connectivity index (χ4n) is 1.75. The van der Waals surface area contributed by atoms with E-state index in [0.29, 0.717) is 0 Å². The van der Waals surface area contributed by atoms with Crippen molar-refractivity contribution in [3.05, 3.63) is 54.1 Å². The molecule has 21 heavy (non-hydrogen) atoms. The molecule has 2 aromatic rings. The van der Waals surface area contributed by atoms with Gasteiger partial charge >= 0.3 is 12.0 Å². The molecule has 0 aliphatic carbocycles. The van der Waals surface area contributed by atoms with Crippen LogP contribution in [-0.2, 0) is 0 Å². The van der Waals surface area contributed by atoms with E-state index in [2.05, 4.69) is 20.6 Å². The van der Waals surface area contributed by atoms with E-state index in [4.69, 9.17) is 5.11 Å². The minimum absolute atomic E-state index is 0.140. The Morgan fingerprint density at radius 2 is 2.00 bits per heavy atom. The van der Waals surface area contributed by atoms with Crippen molar-refractivity contribution in [2.75, 3.05) is 5.32 Å². The highest BCUT2D eigenvalue weighted by Crippen LogP contribution is 2.13. The first-order valence-electron chi connectivity index (χ1n) is 6.23. The van der Waals surface area contributed by atoms with Crippen LogP contribution in [0.3, 0.4) is 0 Å². The van der Waals surface area contributed by atoms with Gasteiger partial charge in [-0.15, -0.1) is 0 Å². The zero-order chi connectivity index (χ0) is 15.2. The summed E-state index contributed by atoms with van der Waals surface area (Å²) in [7, 11) is 0. The summed E-state index contributed by atoms with van der Waals surface area (Å²) in [6, 6.07) is 5.86. The Morgan fingerprint density at radius 3 is 2.67 bits per heavy atom. The molecule has 0 fully saturated rings. The van der Waals surface area contributed by atoms with Crippen molar-refractivity contribution >= 4 is 17.7 Å². The fraction of sp³-hybridized carbons (Fsp3) is 0.143. The Kier molecular flexibility index (Phi) is 4.45. The van der Waals surface area contributed by atoms with Gasteiger partial charge in [0.25, 0.3) is 0 Å². The molecule has 2 amide bonds. The number of urea groups is 1. The number of aromatic carboxylic acids is 1. The summed E-state index contributed by atoms with van der Waals surface area (Å²) in [6.45, 7) is 1.80. The van der Waals surface area contributed by atoms with Crippen molar-refractivity contribution in [2.24, 2.45) is 0 Å². The average Bonchev–Trinajstić information content (AvgIpc) is 2.48. The van der Waals surface area contributed by atoms with Crippen LogP contribution in [0.25, 0.3) is 0 Å². The van der Waals surface area contributed by atoms with Gasteiger partial charge in [0.2, 0.25) is 0 Å². The van der Waals surface area contributed by atoms with Crippen LogP contribution in [0.2, 0.25) is 0 Å². The lowest BCUT2D eigenvalue weighted by Gasteiger charge is -2.15. The summed E-state index contributed by atoms with van der Waals surface area (Å²) in [5.74, 6) is -1.20. The predicted octanol–water partition coefficient (Wildman–Crippen LogP) is 2.06. The zero-order valence-electron chi connectivity index (χ0n) is 11.3. The number of carbonyl (C=O) groups is 2. The van der Waals surface area contributed by atoms with E-state index in [0.717, 1.165) is 5.56 Å². The average molecular weight is 286 g/mol. The van der Waals surface area contributed by atoms with Crippen molar-refractivity contribution < 1.29 is 14.7 Å². The van der Waals surface area contributed by atoms with Gasteiger partial charge in [-0.05, 0) is 30.7 Å². The summed E-state index contributed by atoms with van der Waals surface area (Å²) in [6.07, 6.45) is 4.65. The standard InChI is InChI=1S/C14H14N4O3/c1-9(10-4-2-6-15-8-10)17-14(21)18-11-5-3-7-16-12(11)13(19)20/h2-9H,1H3,(H,19,20)(H2,17,18,21). The molecule has 2 rings (SSSR count). The number of pyridine rings is 2. The molecule has 0 saturated carbocycles. The second-order valence-electron chi connectivity index (χ2n) is 4.31. The molecule has 2 heterocycles. The van der Waals surface area contributed by atoms with E-state index in [-0.39, 0.29) is 17.4 Å². The van der Waals surface area contributed by atoms with Gasteiger partial charge in [0, 0.05) is 18.6 Å². The Labute approximate surface area is 121 Å². The molecule has 0 aromatic carbocycles. The van der Waals surface area contributed by atoms with E-state index < -0.39 is 12.0 Å². The smallest absolute Gasteiger partial charge is 0.356 e. The number of aromatic nitrogens is 2. The van der Waals surface area contributed by atoms with Crippen LogP contribution in [-0.4, -0.2) is 27.1 Å². The number of hydrogen-bond donors (Lipinski definition) is 3. The molecule has 0 aliphatic rings. The minimum Gasteiger partial charge on any atom is -0.476 e.